The van der Waals surface area contributed by atoms with Gasteiger partial charge in [0.15, 0.2) is 0 Å². The van der Waals surface area contributed by atoms with E-state index in [1.807, 2.05) is 0 Å². The molecule has 1 saturated heterocycles. The summed E-state index contributed by atoms with van der Waals surface area (Å²) < 4.78 is 36.8. The molecule has 1 heterocycles. The van der Waals surface area contributed by atoms with Crippen molar-refractivity contribution in [2.75, 3.05) is 46.5 Å². The third-order valence-electron chi connectivity index (χ3n) is 2.77. The Morgan fingerprint density at radius 3 is 2.50 bits per heavy atom. The Hall–Kier alpha value is -0.700. The topological polar surface area (TPSA) is 76.2 Å². The van der Waals surface area contributed by atoms with E-state index in [1.54, 1.807) is 6.92 Å². The summed E-state index contributed by atoms with van der Waals surface area (Å²) in [6, 6.07) is 0. The molecular weight excluding hydrogens is 260 g/mol. The van der Waals surface area contributed by atoms with Gasteiger partial charge in [0, 0.05) is 26.2 Å². The maximum Gasteiger partial charge on any atom is 0.306 e. The highest BCUT2D eigenvalue weighted by molar-refractivity contribution is 7.86. The number of carbonyl (C=O) groups is 1. The van der Waals surface area contributed by atoms with Crippen molar-refractivity contribution in [1.82, 2.24) is 8.61 Å². The van der Waals surface area contributed by atoms with E-state index >= 15 is 0 Å². The maximum absolute atomic E-state index is 12.3. The lowest BCUT2D eigenvalue weighted by Crippen LogP contribution is -2.49. The van der Waals surface area contributed by atoms with E-state index in [2.05, 4.69) is 4.74 Å². The highest BCUT2D eigenvalue weighted by Gasteiger charge is 2.30. The van der Waals surface area contributed by atoms with E-state index < -0.39 is 16.2 Å². The fourth-order valence-corrected chi connectivity index (χ4v) is 3.28. The van der Waals surface area contributed by atoms with Crippen molar-refractivity contribution in [2.45, 2.75) is 13.3 Å². The minimum absolute atomic E-state index is 0.0634. The molecule has 1 aliphatic heterocycles. The number of rotatable bonds is 6. The molecular formula is C10H20N2O5S. The monoisotopic (exact) mass is 280 g/mol. The fraction of sp³-hybridized carbons (Fsp3) is 0.900. The summed E-state index contributed by atoms with van der Waals surface area (Å²) in [5.74, 6) is -0.411. The number of methoxy groups -OCH3 is 1. The number of carbonyl (C=O) groups excluding carboxylic acids is 1. The highest BCUT2D eigenvalue weighted by atomic mass is 32.2. The van der Waals surface area contributed by atoms with Gasteiger partial charge in [0.25, 0.3) is 10.2 Å². The lowest BCUT2D eigenvalue weighted by Gasteiger charge is -2.31. The molecule has 1 aliphatic rings. The zero-order valence-corrected chi connectivity index (χ0v) is 11.6. The predicted octanol–water partition coefficient (Wildman–Crippen LogP) is -0.552. The van der Waals surface area contributed by atoms with Crippen LogP contribution in [-0.2, 0) is 24.5 Å². The predicted molar refractivity (Wildman–Crippen MR) is 65.2 cm³/mol. The Morgan fingerprint density at radius 2 is 2.00 bits per heavy atom. The first-order valence-corrected chi connectivity index (χ1v) is 7.31. The average molecular weight is 280 g/mol. The molecule has 0 N–H and O–H groups in total. The smallest absolute Gasteiger partial charge is 0.306 e. The van der Waals surface area contributed by atoms with Gasteiger partial charge in [0.2, 0.25) is 0 Å². The number of morpholine rings is 1. The summed E-state index contributed by atoms with van der Waals surface area (Å²) in [7, 11) is -2.21. The van der Waals surface area contributed by atoms with Crippen LogP contribution in [0, 0.1) is 0 Å². The van der Waals surface area contributed by atoms with Crippen LogP contribution in [0.5, 0.6) is 0 Å². The second-order valence-corrected chi connectivity index (χ2v) is 5.77. The third-order valence-corrected chi connectivity index (χ3v) is 4.88. The minimum Gasteiger partial charge on any atom is -0.469 e. The normalized spacial score (nSPS) is 17.9. The highest BCUT2D eigenvalue weighted by Crippen LogP contribution is 2.11. The van der Waals surface area contributed by atoms with Gasteiger partial charge >= 0.3 is 5.97 Å². The van der Waals surface area contributed by atoms with E-state index in [0.29, 0.717) is 32.8 Å². The van der Waals surface area contributed by atoms with Crippen LogP contribution < -0.4 is 0 Å². The van der Waals surface area contributed by atoms with Crippen LogP contribution in [0.15, 0.2) is 0 Å². The van der Waals surface area contributed by atoms with Crippen LogP contribution in [0.2, 0.25) is 0 Å². The van der Waals surface area contributed by atoms with Crippen molar-refractivity contribution in [1.29, 1.82) is 0 Å². The lowest BCUT2D eigenvalue weighted by molar-refractivity contribution is -0.140. The molecule has 0 aromatic heterocycles. The molecule has 0 radical (unpaired) electrons. The Morgan fingerprint density at radius 1 is 1.39 bits per heavy atom. The first kappa shape index (κ1) is 15.4. The van der Waals surface area contributed by atoms with E-state index in [-0.39, 0.29) is 13.0 Å². The van der Waals surface area contributed by atoms with Crippen LogP contribution in [0.4, 0.5) is 0 Å². The number of nitrogens with zero attached hydrogens (tertiary/aromatic N) is 2. The van der Waals surface area contributed by atoms with Crippen molar-refractivity contribution in [2.24, 2.45) is 0 Å². The largest absolute Gasteiger partial charge is 0.469 e. The van der Waals surface area contributed by atoms with Crippen LogP contribution in [0.1, 0.15) is 13.3 Å². The molecule has 106 valence electrons. The van der Waals surface area contributed by atoms with E-state index in [0.717, 1.165) is 0 Å². The maximum atomic E-state index is 12.3. The van der Waals surface area contributed by atoms with Crippen molar-refractivity contribution < 1.29 is 22.7 Å². The van der Waals surface area contributed by atoms with Crippen LogP contribution in [0.25, 0.3) is 0 Å². The number of ether oxygens (including phenoxy) is 2. The summed E-state index contributed by atoms with van der Waals surface area (Å²) >= 11 is 0. The van der Waals surface area contributed by atoms with E-state index in [9.17, 15) is 13.2 Å². The summed E-state index contributed by atoms with van der Waals surface area (Å²) in [6.45, 7) is 3.75. The van der Waals surface area contributed by atoms with Gasteiger partial charge in [-0.05, 0) is 0 Å². The third kappa shape index (κ3) is 3.91. The quantitative estimate of drug-likeness (QED) is 0.610. The molecule has 0 unspecified atom stereocenters. The molecule has 0 amide bonds. The van der Waals surface area contributed by atoms with Crippen LogP contribution in [0.3, 0.4) is 0 Å². The van der Waals surface area contributed by atoms with Crippen LogP contribution in [-0.4, -0.2) is 69.5 Å². The van der Waals surface area contributed by atoms with Gasteiger partial charge in [-0.1, -0.05) is 6.92 Å². The first-order chi connectivity index (χ1) is 8.52. The van der Waals surface area contributed by atoms with Crippen molar-refractivity contribution in [3.63, 3.8) is 0 Å². The van der Waals surface area contributed by atoms with Gasteiger partial charge in [0.1, 0.15) is 0 Å². The van der Waals surface area contributed by atoms with Gasteiger partial charge < -0.3 is 9.47 Å². The van der Waals surface area contributed by atoms with Crippen molar-refractivity contribution in [3.05, 3.63) is 0 Å². The second kappa shape index (κ2) is 7.03. The summed E-state index contributed by atoms with van der Waals surface area (Å²) in [4.78, 5) is 11.1. The molecule has 1 fully saturated rings. The Labute approximate surface area is 108 Å². The number of esters is 1. The van der Waals surface area contributed by atoms with E-state index in [4.69, 9.17) is 4.74 Å². The molecule has 0 spiro atoms. The summed E-state index contributed by atoms with van der Waals surface area (Å²) in [5.41, 5.74) is 0. The standard InChI is InChI=1S/C10H20N2O5S/c1-3-11(5-4-10(13)16-2)18(14,15)12-6-8-17-9-7-12/h3-9H2,1-2H3. The van der Waals surface area contributed by atoms with Gasteiger partial charge in [0.05, 0.1) is 26.7 Å². The first-order valence-electron chi connectivity index (χ1n) is 5.92. The molecule has 0 aliphatic carbocycles. The molecule has 8 heteroatoms. The molecule has 0 aromatic carbocycles. The Kier molecular flexibility index (Phi) is 6.00. The van der Waals surface area contributed by atoms with Crippen molar-refractivity contribution in [3.8, 4) is 0 Å². The zero-order chi connectivity index (χ0) is 13.6. The minimum atomic E-state index is -3.50. The molecule has 0 atom stereocenters. The second-order valence-electron chi connectivity index (χ2n) is 3.84. The van der Waals surface area contributed by atoms with Gasteiger partial charge in [-0.25, -0.2) is 0 Å². The molecule has 0 aromatic rings. The van der Waals surface area contributed by atoms with Gasteiger partial charge in [-0.15, -0.1) is 0 Å². The lowest BCUT2D eigenvalue weighted by atomic mass is 10.4. The SMILES string of the molecule is CCN(CCC(=O)OC)S(=O)(=O)N1CCOCC1. The molecule has 1 rings (SSSR count). The molecule has 7 nitrogen and oxygen atoms in total. The number of hydrogen-bond donors (Lipinski definition) is 0. The summed E-state index contributed by atoms with van der Waals surface area (Å²) in [6.07, 6.45) is 0.0634. The van der Waals surface area contributed by atoms with Crippen molar-refractivity contribution >= 4 is 16.2 Å². The fourth-order valence-electron chi connectivity index (χ4n) is 1.70. The Bertz CT molecular complexity index is 364. The molecule has 18 heavy (non-hydrogen) atoms. The van der Waals surface area contributed by atoms with E-state index in [1.165, 1.54) is 15.7 Å². The Balaban J connectivity index is 2.63. The van der Waals surface area contributed by atoms with Crippen LogP contribution >= 0.6 is 0 Å². The number of hydrogen-bond acceptors (Lipinski definition) is 5. The molecule has 0 bridgehead atoms. The summed E-state index contributed by atoms with van der Waals surface area (Å²) in [5, 5.41) is 0. The molecule has 0 saturated carbocycles. The van der Waals surface area contributed by atoms with Gasteiger partial charge in [-0.2, -0.15) is 17.0 Å². The van der Waals surface area contributed by atoms with Gasteiger partial charge in [-0.3, -0.25) is 4.79 Å². The average Bonchev–Trinajstić information content (AvgIpc) is 2.39. The zero-order valence-electron chi connectivity index (χ0n) is 10.8.